The molecule has 0 atom stereocenters. The van der Waals surface area contributed by atoms with Crippen molar-refractivity contribution in [2.45, 2.75) is 58.8 Å². The number of aryl methyl sites for hydroxylation is 2. The molecule has 190 valence electrons. The first-order valence-corrected chi connectivity index (χ1v) is 14.4. The van der Waals surface area contributed by atoms with Crippen molar-refractivity contribution in [2.75, 3.05) is 18.5 Å². The van der Waals surface area contributed by atoms with Gasteiger partial charge in [0.05, 0.1) is 17.1 Å². The monoisotopic (exact) mass is 542 g/mol. The van der Waals surface area contributed by atoms with Crippen molar-refractivity contribution in [3.8, 4) is 0 Å². The Balaban J connectivity index is 1.35. The summed E-state index contributed by atoms with van der Waals surface area (Å²) in [4.78, 5) is 41.6. The molecule has 6 nitrogen and oxygen atoms in total. The molecule has 0 spiro atoms. The summed E-state index contributed by atoms with van der Waals surface area (Å²) in [6.07, 6.45) is 7.40. The summed E-state index contributed by atoms with van der Waals surface area (Å²) in [7, 11) is 0. The number of thioether (sulfide) groups is 1. The Morgan fingerprint density at radius 3 is 2.64 bits per heavy atom. The molecule has 0 bridgehead atoms. The van der Waals surface area contributed by atoms with E-state index in [1.54, 1.807) is 11.8 Å². The number of thiophene rings is 1. The summed E-state index contributed by atoms with van der Waals surface area (Å²) in [6.45, 7) is 4.54. The summed E-state index contributed by atoms with van der Waals surface area (Å²) >= 11 is 8.20. The second-order valence-electron chi connectivity index (χ2n) is 8.72. The Bertz CT molecular complexity index is 1200. The predicted octanol–water partition coefficient (Wildman–Crippen LogP) is 5.99. The van der Waals surface area contributed by atoms with E-state index >= 15 is 0 Å². The molecule has 1 saturated heterocycles. The van der Waals surface area contributed by atoms with Crippen LogP contribution >= 0.6 is 35.3 Å². The minimum absolute atomic E-state index is 0.125. The van der Waals surface area contributed by atoms with E-state index in [4.69, 9.17) is 17.0 Å². The van der Waals surface area contributed by atoms with Gasteiger partial charge in [0.15, 0.2) is 0 Å². The number of anilines is 1. The van der Waals surface area contributed by atoms with Gasteiger partial charge in [0.1, 0.15) is 9.32 Å². The van der Waals surface area contributed by atoms with Gasteiger partial charge in [-0.05, 0) is 68.2 Å². The number of carbonyl (C=O) groups excluding carboxylic acids is 3. The fraction of sp³-hybridized carbons (Fsp3) is 0.407. The molecule has 0 radical (unpaired) electrons. The zero-order valence-corrected chi connectivity index (χ0v) is 23.0. The number of fused-ring (bicyclic) bond motifs is 1. The Hall–Kier alpha value is -2.49. The van der Waals surface area contributed by atoms with E-state index in [1.807, 2.05) is 18.2 Å². The Labute approximate surface area is 225 Å². The standard InChI is InChI=1S/C27H30N2O4S3/c1-3-17-11-13-18(14-12-17)16-21-25(31)29(27(34)36-21)15-7-10-22(30)28-24-23(26(32)33-4-2)19-8-5-6-9-20(19)35-24/h11-14,16H,3-10,15H2,1-2H3,(H,28,30)/b21-16+. The molecule has 1 aromatic heterocycles. The van der Waals surface area contributed by atoms with Crippen molar-refractivity contribution in [2.24, 2.45) is 0 Å². The number of rotatable bonds is 9. The summed E-state index contributed by atoms with van der Waals surface area (Å²) in [6, 6.07) is 8.12. The first kappa shape index (κ1) is 26.6. The number of esters is 1. The second-order valence-corrected chi connectivity index (χ2v) is 11.5. The topological polar surface area (TPSA) is 75.7 Å². The highest BCUT2D eigenvalue weighted by atomic mass is 32.2. The maximum Gasteiger partial charge on any atom is 0.341 e. The maximum absolute atomic E-state index is 12.9. The Kier molecular flexibility index (Phi) is 8.98. The molecule has 0 unspecified atom stereocenters. The van der Waals surface area contributed by atoms with Gasteiger partial charge < -0.3 is 10.1 Å². The van der Waals surface area contributed by atoms with Gasteiger partial charge in [-0.3, -0.25) is 14.5 Å². The molecule has 1 aliphatic carbocycles. The molecule has 1 aliphatic heterocycles. The molecule has 0 saturated carbocycles. The fourth-order valence-electron chi connectivity index (χ4n) is 4.35. The molecule has 2 aromatic rings. The van der Waals surface area contributed by atoms with Gasteiger partial charge in [-0.15, -0.1) is 11.3 Å². The van der Waals surface area contributed by atoms with Gasteiger partial charge in [0, 0.05) is 17.8 Å². The van der Waals surface area contributed by atoms with E-state index in [-0.39, 0.29) is 24.2 Å². The third-order valence-electron chi connectivity index (χ3n) is 6.25. The smallest absolute Gasteiger partial charge is 0.341 e. The predicted molar refractivity (Wildman–Crippen MR) is 150 cm³/mol. The van der Waals surface area contributed by atoms with Gasteiger partial charge in [0.2, 0.25) is 5.91 Å². The maximum atomic E-state index is 12.9. The van der Waals surface area contributed by atoms with E-state index in [1.165, 1.54) is 28.7 Å². The largest absolute Gasteiger partial charge is 0.462 e. The lowest BCUT2D eigenvalue weighted by Crippen LogP contribution is -2.29. The summed E-state index contributed by atoms with van der Waals surface area (Å²) in [5.74, 6) is -0.683. The average molecular weight is 543 g/mol. The van der Waals surface area contributed by atoms with E-state index in [0.717, 1.165) is 48.1 Å². The highest BCUT2D eigenvalue weighted by molar-refractivity contribution is 8.26. The van der Waals surface area contributed by atoms with Crippen LogP contribution in [0.3, 0.4) is 0 Å². The SMILES string of the molecule is CCOC(=O)c1c(NC(=O)CCCN2C(=O)/C(=C\c3ccc(CC)cc3)SC2=S)sc2c1CCCC2. The van der Waals surface area contributed by atoms with Gasteiger partial charge in [-0.2, -0.15) is 0 Å². The molecule has 2 heterocycles. The molecular weight excluding hydrogens is 513 g/mol. The quantitative estimate of drug-likeness (QED) is 0.238. The molecule has 1 fully saturated rings. The van der Waals surface area contributed by atoms with E-state index < -0.39 is 0 Å². The average Bonchev–Trinajstić information content (AvgIpc) is 3.36. The number of amides is 2. The molecular formula is C27H30N2O4S3. The van der Waals surface area contributed by atoms with Gasteiger partial charge >= 0.3 is 5.97 Å². The van der Waals surface area contributed by atoms with Crippen LogP contribution in [0, 0.1) is 0 Å². The first-order valence-electron chi connectivity index (χ1n) is 12.4. The number of benzene rings is 1. The fourth-order valence-corrected chi connectivity index (χ4v) is 6.96. The molecule has 36 heavy (non-hydrogen) atoms. The van der Waals surface area contributed by atoms with Crippen molar-refractivity contribution < 1.29 is 19.1 Å². The van der Waals surface area contributed by atoms with Crippen LogP contribution in [-0.4, -0.2) is 40.2 Å². The number of hydrogen-bond donors (Lipinski definition) is 1. The van der Waals surface area contributed by atoms with Crippen LogP contribution in [0.5, 0.6) is 0 Å². The first-order chi connectivity index (χ1) is 17.4. The lowest BCUT2D eigenvalue weighted by Gasteiger charge is -2.14. The molecule has 2 aliphatic rings. The highest BCUT2D eigenvalue weighted by Crippen LogP contribution is 2.39. The van der Waals surface area contributed by atoms with Crippen LogP contribution in [0.15, 0.2) is 29.2 Å². The Morgan fingerprint density at radius 1 is 1.17 bits per heavy atom. The van der Waals surface area contributed by atoms with Crippen molar-refractivity contribution in [3.63, 3.8) is 0 Å². The van der Waals surface area contributed by atoms with Crippen molar-refractivity contribution in [3.05, 3.63) is 56.3 Å². The molecule has 2 amide bonds. The number of nitrogens with one attached hydrogen (secondary N) is 1. The van der Waals surface area contributed by atoms with Crippen LogP contribution in [-0.2, 0) is 33.6 Å². The lowest BCUT2D eigenvalue weighted by atomic mass is 9.95. The highest BCUT2D eigenvalue weighted by Gasteiger charge is 2.32. The number of ether oxygens (including phenoxy) is 1. The third kappa shape index (κ3) is 6.07. The van der Waals surface area contributed by atoms with Crippen molar-refractivity contribution in [1.82, 2.24) is 4.90 Å². The summed E-state index contributed by atoms with van der Waals surface area (Å²) < 4.78 is 5.77. The van der Waals surface area contributed by atoms with Crippen LogP contribution in [0.25, 0.3) is 6.08 Å². The van der Waals surface area contributed by atoms with E-state index in [9.17, 15) is 14.4 Å². The Morgan fingerprint density at radius 2 is 1.92 bits per heavy atom. The van der Waals surface area contributed by atoms with Crippen LogP contribution in [0.1, 0.15) is 71.5 Å². The van der Waals surface area contributed by atoms with Gasteiger partial charge in [-0.25, -0.2) is 4.79 Å². The number of carbonyl (C=O) groups is 3. The normalized spacial score (nSPS) is 16.4. The van der Waals surface area contributed by atoms with Crippen LogP contribution < -0.4 is 5.32 Å². The van der Waals surface area contributed by atoms with Gasteiger partial charge in [-0.1, -0.05) is 55.2 Å². The second kappa shape index (κ2) is 12.2. The zero-order valence-electron chi connectivity index (χ0n) is 20.6. The lowest BCUT2D eigenvalue weighted by molar-refractivity contribution is -0.122. The molecule has 1 aromatic carbocycles. The minimum atomic E-state index is -0.374. The van der Waals surface area contributed by atoms with E-state index in [2.05, 4.69) is 24.4 Å². The van der Waals surface area contributed by atoms with Crippen molar-refractivity contribution in [1.29, 1.82) is 0 Å². The number of nitrogens with zero attached hydrogens (tertiary/aromatic N) is 1. The number of thiocarbonyl (C=S) groups is 1. The van der Waals surface area contributed by atoms with Crippen LogP contribution in [0.4, 0.5) is 5.00 Å². The molecule has 9 heteroatoms. The van der Waals surface area contributed by atoms with Crippen LogP contribution in [0.2, 0.25) is 0 Å². The molecule has 1 N–H and O–H groups in total. The number of hydrogen-bond acceptors (Lipinski definition) is 7. The van der Waals surface area contributed by atoms with E-state index in [0.29, 0.717) is 39.4 Å². The van der Waals surface area contributed by atoms with Gasteiger partial charge in [0.25, 0.3) is 5.91 Å². The summed E-state index contributed by atoms with van der Waals surface area (Å²) in [5.41, 5.74) is 3.74. The minimum Gasteiger partial charge on any atom is -0.462 e. The van der Waals surface area contributed by atoms with Crippen molar-refractivity contribution >= 4 is 68.5 Å². The molecule has 4 rings (SSSR count). The summed E-state index contributed by atoms with van der Waals surface area (Å²) in [5, 5.41) is 3.51. The third-order valence-corrected chi connectivity index (χ3v) is 8.83. The zero-order chi connectivity index (χ0) is 25.7.